The van der Waals surface area contributed by atoms with Crippen LogP contribution in [0.4, 0.5) is 17.1 Å². The molecule has 31 heavy (non-hydrogen) atoms. The number of hydrogen-bond donors (Lipinski definition) is 2. The van der Waals surface area contributed by atoms with Crippen LogP contribution in [0.2, 0.25) is 0 Å². The lowest BCUT2D eigenvalue weighted by molar-refractivity contribution is -0.733. The van der Waals surface area contributed by atoms with Crippen LogP contribution in [0.1, 0.15) is 39.7 Å². The summed E-state index contributed by atoms with van der Waals surface area (Å²) in [6.45, 7) is 5.87. The molecule has 2 saturated carbocycles. The first-order chi connectivity index (χ1) is 14.4. The number of hydrogen-bond acceptors (Lipinski definition) is 7. The Labute approximate surface area is 181 Å². The SMILES string of the molecule is CC1(C)C2CCC1(C)C(Nc1ccc([N+](=O)[O-])cc1N)(S(=O)(=O)[O-])C2[n+]1ccccc1. The van der Waals surface area contributed by atoms with E-state index in [4.69, 9.17) is 5.73 Å². The van der Waals surface area contributed by atoms with Crippen molar-refractivity contribution in [3.05, 3.63) is 58.9 Å². The fourth-order valence-electron chi connectivity index (χ4n) is 6.05. The number of nitrogens with two attached hydrogens (primary N) is 1. The number of nitrogens with zero attached hydrogens (tertiary/aromatic N) is 2. The number of benzene rings is 1. The van der Waals surface area contributed by atoms with Gasteiger partial charge in [0.15, 0.2) is 23.3 Å². The lowest BCUT2D eigenvalue weighted by atomic mass is 9.68. The van der Waals surface area contributed by atoms with Crippen LogP contribution in [0.15, 0.2) is 48.8 Å². The molecule has 2 aliphatic carbocycles. The zero-order chi connectivity index (χ0) is 22.8. The molecule has 0 radical (unpaired) electrons. The summed E-state index contributed by atoms with van der Waals surface area (Å²) in [4.78, 5) is 8.61. The Morgan fingerprint density at radius 2 is 1.84 bits per heavy atom. The van der Waals surface area contributed by atoms with Gasteiger partial charge >= 0.3 is 0 Å². The molecule has 0 amide bonds. The quantitative estimate of drug-likeness (QED) is 0.236. The molecule has 10 heteroatoms. The van der Waals surface area contributed by atoms with Gasteiger partial charge in [0, 0.05) is 35.6 Å². The van der Waals surface area contributed by atoms with Crippen LogP contribution >= 0.6 is 0 Å². The maximum atomic E-state index is 13.1. The lowest BCUT2D eigenvalue weighted by Gasteiger charge is -2.50. The number of nitrogen functional groups attached to an aromatic ring is 1. The van der Waals surface area contributed by atoms with Crippen molar-refractivity contribution >= 4 is 27.2 Å². The van der Waals surface area contributed by atoms with Crippen LogP contribution in [0, 0.1) is 26.9 Å². The number of nitrogens with one attached hydrogen (secondary N) is 1. The van der Waals surface area contributed by atoms with E-state index in [1.165, 1.54) is 18.2 Å². The summed E-state index contributed by atoms with van der Waals surface area (Å²) >= 11 is 0. The molecule has 1 aromatic carbocycles. The highest BCUT2D eigenvalue weighted by Crippen LogP contribution is 2.74. The summed E-state index contributed by atoms with van der Waals surface area (Å²) in [7, 11) is -4.93. The van der Waals surface area contributed by atoms with E-state index in [0.717, 1.165) is 6.42 Å². The second-order valence-electron chi connectivity index (χ2n) is 9.31. The smallest absolute Gasteiger partial charge is 0.271 e. The van der Waals surface area contributed by atoms with Gasteiger partial charge in [-0.25, -0.2) is 8.42 Å². The maximum absolute atomic E-state index is 13.1. The minimum Gasteiger partial charge on any atom is -0.746 e. The third kappa shape index (κ3) is 2.71. The van der Waals surface area contributed by atoms with E-state index in [2.05, 4.69) is 5.32 Å². The molecule has 0 saturated heterocycles. The number of anilines is 2. The van der Waals surface area contributed by atoms with Gasteiger partial charge in [-0.05, 0) is 24.3 Å². The second kappa shape index (κ2) is 6.64. The average molecular weight is 447 g/mol. The fraction of sp³-hybridized carbons (Fsp3) is 0.476. The highest BCUT2D eigenvalue weighted by Gasteiger charge is 2.80. The topological polar surface area (TPSA) is 142 Å². The predicted molar refractivity (Wildman–Crippen MR) is 114 cm³/mol. The summed E-state index contributed by atoms with van der Waals surface area (Å²) < 4.78 is 41.2. The molecule has 9 nitrogen and oxygen atoms in total. The monoisotopic (exact) mass is 446 g/mol. The first-order valence-electron chi connectivity index (χ1n) is 10.1. The molecular formula is C21H26N4O5S. The highest BCUT2D eigenvalue weighted by molar-refractivity contribution is 7.87. The molecule has 4 rings (SSSR count). The van der Waals surface area contributed by atoms with Gasteiger partial charge in [0.25, 0.3) is 5.69 Å². The second-order valence-corrected chi connectivity index (χ2v) is 10.9. The van der Waals surface area contributed by atoms with Crippen molar-refractivity contribution in [2.45, 2.75) is 44.5 Å². The Hall–Kier alpha value is -2.72. The Bertz CT molecular complexity index is 1150. The fourth-order valence-corrected chi connectivity index (χ4v) is 7.79. The third-order valence-corrected chi connectivity index (χ3v) is 9.53. The molecule has 0 aliphatic heterocycles. The van der Waals surface area contributed by atoms with Crippen LogP contribution in [-0.4, -0.2) is 22.8 Å². The van der Waals surface area contributed by atoms with Crippen molar-refractivity contribution in [1.82, 2.24) is 0 Å². The molecule has 2 aliphatic rings. The molecule has 4 atom stereocenters. The van der Waals surface area contributed by atoms with Crippen molar-refractivity contribution < 1.29 is 22.5 Å². The molecule has 1 aromatic heterocycles. The Balaban J connectivity index is 1.98. The summed E-state index contributed by atoms with van der Waals surface area (Å²) in [5.74, 6) is -0.0830. The van der Waals surface area contributed by atoms with Gasteiger partial charge in [-0.3, -0.25) is 10.1 Å². The van der Waals surface area contributed by atoms with E-state index in [0.29, 0.717) is 6.42 Å². The van der Waals surface area contributed by atoms with Crippen molar-refractivity contribution in [3.8, 4) is 0 Å². The lowest BCUT2D eigenvalue weighted by Crippen LogP contribution is -2.67. The van der Waals surface area contributed by atoms with Crippen molar-refractivity contribution in [2.75, 3.05) is 11.1 Å². The molecule has 3 N–H and O–H groups in total. The molecule has 1 heterocycles. The van der Waals surface area contributed by atoms with Crippen LogP contribution in [0.3, 0.4) is 0 Å². The van der Waals surface area contributed by atoms with E-state index < -0.39 is 36.8 Å². The number of rotatable bonds is 5. The standard InChI is InChI=1S/C21H26N4O5S/c1-19(2)15-9-10-20(19,3)21(31(28,29)30,18(15)24-11-5-4-6-12-24)23-17-8-7-14(25(26)27)13-16(17)22/h4-8,11-13,15,18,23H,9-10,22H2,1-3H3. The number of nitro benzene ring substituents is 1. The zero-order valence-electron chi connectivity index (χ0n) is 17.6. The molecule has 4 unspecified atom stereocenters. The maximum Gasteiger partial charge on any atom is 0.271 e. The number of aromatic nitrogens is 1. The number of nitro groups is 1. The Morgan fingerprint density at radius 1 is 1.19 bits per heavy atom. The largest absolute Gasteiger partial charge is 0.746 e. The van der Waals surface area contributed by atoms with Gasteiger partial charge in [0.1, 0.15) is 10.1 Å². The number of pyridine rings is 1. The third-order valence-electron chi connectivity index (χ3n) is 7.94. The van der Waals surface area contributed by atoms with E-state index in [-0.39, 0.29) is 23.0 Å². The normalized spacial score (nSPS) is 31.5. The van der Waals surface area contributed by atoms with Crippen molar-refractivity contribution in [3.63, 3.8) is 0 Å². The van der Waals surface area contributed by atoms with Crippen LogP contribution in [0.25, 0.3) is 0 Å². The van der Waals surface area contributed by atoms with Gasteiger partial charge in [0.05, 0.1) is 16.3 Å². The molecule has 2 aromatic rings. The van der Waals surface area contributed by atoms with E-state index in [9.17, 15) is 23.1 Å². The molecular weight excluding hydrogens is 420 g/mol. The summed E-state index contributed by atoms with van der Waals surface area (Å²) in [6, 6.07) is 8.52. The number of fused-ring (bicyclic) bond motifs is 2. The highest BCUT2D eigenvalue weighted by atomic mass is 32.2. The van der Waals surface area contributed by atoms with E-state index >= 15 is 0 Å². The van der Waals surface area contributed by atoms with Crippen LogP contribution in [0.5, 0.6) is 0 Å². The molecule has 2 fully saturated rings. The summed E-state index contributed by atoms with van der Waals surface area (Å²) in [5, 5.41) is 14.1. The molecule has 2 bridgehead atoms. The predicted octanol–water partition coefficient (Wildman–Crippen LogP) is 2.82. The van der Waals surface area contributed by atoms with Crippen LogP contribution < -0.4 is 15.6 Å². The summed E-state index contributed by atoms with van der Waals surface area (Å²) in [6.07, 6.45) is 4.87. The Kier molecular flexibility index (Phi) is 4.61. The number of non-ortho nitro benzene ring substituents is 1. The van der Waals surface area contributed by atoms with Gasteiger partial charge in [-0.2, -0.15) is 4.57 Å². The van der Waals surface area contributed by atoms with E-state index in [1.807, 2.05) is 26.8 Å². The van der Waals surface area contributed by atoms with Crippen molar-refractivity contribution in [2.24, 2.45) is 16.7 Å². The minimum atomic E-state index is -4.93. The minimum absolute atomic E-state index is 0.0122. The van der Waals surface area contributed by atoms with Gasteiger partial charge in [-0.1, -0.05) is 26.8 Å². The average Bonchev–Trinajstić information content (AvgIpc) is 3.00. The van der Waals surface area contributed by atoms with Crippen molar-refractivity contribution in [1.29, 1.82) is 0 Å². The van der Waals surface area contributed by atoms with Crippen LogP contribution in [-0.2, 0) is 10.1 Å². The molecule has 166 valence electrons. The van der Waals surface area contributed by atoms with Gasteiger partial charge < -0.3 is 15.6 Å². The van der Waals surface area contributed by atoms with Gasteiger partial charge in [-0.15, -0.1) is 0 Å². The Morgan fingerprint density at radius 3 is 2.39 bits per heavy atom. The molecule has 0 spiro atoms. The first kappa shape index (κ1) is 21.5. The van der Waals surface area contributed by atoms with Gasteiger partial charge in [0.2, 0.25) is 0 Å². The van der Waals surface area contributed by atoms with E-state index in [1.54, 1.807) is 29.1 Å². The summed E-state index contributed by atoms with van der Waals surface area (Å²) in [5.41, 5.74) is 4.67. The zero-order valence-corrected chi connectivity index (χ0v) is 18.4. The first-order valence-corrected chi connectivity index (χ1v) is 11.5.